The second-order valence-electron chi connectivity index (χ2n) is 19.5. The van der Waals surface area contributed by atoms with E-state index in [1.807, 2.05) is 46.6 Å². The number of likely N-dealkylation sites (tertiary alicyclic amines) is 1. The zero-order chi connectivity index (χ0) is 53.3. The highest BCUT2D eigenvalue weighted by Crippen LogP contribution is 2.32. The van der Waals surface area contributed by atoms with Crippen molar-refractivity contribution in [1.29, 1.82) is 0 Å². The van der Waals surface area contributed by atoms with Crippen molar-refractivity contribution < 1.29 is 53.0 Å². The van der Waals surface area contributed by atoms with Crippen molar-refractivity contribution in [2.75, 3.05) is 45.6 Å². The van der Waals surface area contributed by atoms with Crippen LogP contribution >= 0.6 is 11.3 Å². The van der Waals surface area contributed by atoms with E-state index in [9.17, 15) is 48.3 Å². The number of aliphatic carboxylic acids is 1. The lowest BCUT2D eigenvalue weighted by molar-refractivity contribution is -0.142. The molecule has 396 valence electrons. The Morgan fingerprint density at radius 1 is 0.917 bits per heavy atom. The largest absolute Gasteiger partial charge is 0.481 e. The molecule has 0 saturated carbocycles. The summed E-state index contributed by atoms with van der Waals surface area (Å²) >= 11 is 1.11. The molecule has 2 aromatic rings. The van der Waals surface area contributed by atoms with Gasteiger partial charge < -0.3 is 41.3 Å². The molecule has 1 aromatic carbocycles. The number of hydrogen-bond acceptors (Lipinski definition) is 13. The van der Waals surface area contributed by atoms with Crippen LogP contribution in [-0.2, 0) is 44.7 Å². The van der Waals surface area contributed by atoms with Crippen LogP contribution in [0.2, 0.25) is 0 Å². The Morgan fingerprint density at radius 3 is 2.19 bits per heavy atom. The molecule has 20 nitrogen and oxygen atoms in total. The fourth-order valence-corrected chi connectivity index (χ4v) is 9.58. The summed E-state index contributed by atoms with van der Waals surface area (Å²) in [6, 6.07) is 4.84. The van der Waals surface area contributed by atoms with Gasteiger partial charge in [-0.15, -0.1) is 11.3 Å². The molecular weight excluding hydrogens is 947 g/mol. The van der Waals surface area contributed by atoms with Gasteiger partial charge in [0.05, 0.1) is 18.0 Å². The molecule has 72 heavy (non-hydrogen) atoms. The van der Waals surface area contributed by atoms with Crippen molar-refractivity contribution in [2.45, 2.75) is 142 Å². The van der Waals surface area contributed by atoms with E-state index in [-0.39, 0.29) is 85.8 Å². The average molecular weight is 1020 g/mol. The Labute approximate surface area is 426 Å². The third-order valence-corrected chi connectivity index (χ3v) is 14.6. The molecule has 0 unspecified atom stereocenters. The molecule has 0 aliphatic carbocycles. The van der Waals surface area contributed by atoms with Crippen LogP contribution in [0.5, 0.6) is 0 Å². The number of imide groups is 1. The second kappa shape index (κ2) is 27.6. The molecule has 2 aliphatic rings. The number of anilines is 1. The smallest absolute Gasteiger partial charge is 0.407 e. The molecule has 0 spiro atoms. The van der Waals surface area contributed by atoms with E-state index >= 15 is 0 Å². The van der Waals surface area contributed by atoms with Crippen LogP contribution in [0.4, 0.5) is 10.5 Å². The number of alkyl carbamates (subject to hydrolysis) is 1. The second-order valence-corrected chi connectivity index (χ2v) is 20.4. The highest BCUT2D eigenvalue weighted by atomic mass is 32.1. The molecular formula is C51H75N9O11S. The highest BCUT2D eigenvalue weighted by Gasteiger charge is 2.44. The predicted octanol–water partition coefficient (Wildman–Crippen LogP) is 4.81. The number of carboxylic acids is 1. The van der Waals surface area contributed by atoms with Gasteiger partial charge in [0.25, 0.3) is 17.7 Å². The maximum Gasteiger partial charge on any atom is 0.407 e. The monoisotopic (exact) mass is 1020 g/mol. The normalized spacial score (nSPS) is 18.2. The number of ether oxygens (including phenoxy) is 1. The van der Waals surface area contributed by atoms with Gasteiger partial charge in [0.15, 0.2) is 6.10 Å². The van der Waals surface area contributed by atoms with Crippen molar-refractivity contribution in [3.05, 3.63) is 58.1 Å². The third kappa shape index (κ3) is 16.7. The summed E-state index contributed by atoms with van der Waals surface area (Å²) in [6.45, 7) is 14.1. The first-order chi connectivity index (χ1) is 34.1. The number of thiazole rings is 1. The fourth-order valence-electron chi connectivity index (χ4n) is 8.74. The van der Waals surface area contributed by atoms with E-state index in [1.165, 1.54) is 17.5 Å². The Bertz CT molecular complexity index is 2250. The minimum absolute atomic E-state index is 0.0266. The van der Waals surface area contributed by atoms with Crippen molar-refractivity contribution in [2.24, 2.45) is 17.8 Å². The van der Waals surface area contributed by atoms with E-state index in [0.717, 1.165) is 34.8 Å². The van der Waals surface area contributed by atoms with E-state index in [1.54, 1.807) is 50.1 Å². The van der Waals surface area contributed by atoms with Crippen molar-refractivity contribution in [3.8, 4) is 0 Å². The molecule has 4 rings (SSSR count). The zero-order valence-electron chi connectivity index (χ0n) is 43.2. The Morgan fingerprint density at radius 2 is 1.60 bits per heavy atom. The van der Waals surface area contributed by atoms with Crippen molar-refractivity contribution >= 4 is 70.4 Å². The minimum atomic E-state index is -1.04. The Hall–Kier alpha value is -6.22. The number of rotatable bonds is 28. The van der Waals surface area contributed by atoms with Gasteiger partial charge in [-0.2, -0.15) is 0 Å². The molecule has 0 radical (unpaired) electrons. The van der Waals surface area contributed by atoms with Crippen LogP contribution in [0.3, 0.4) is 0 Å². The molecule has 3 heterocycles. The number of aromatic nitrogens is 1. The zero-order valence-corrected chi connectivity index (χ0v) is 44.0. The molecule has 1 saturated heterocycles. The van der Waals surface area contributed by atoms with Gasteiger partial charge in [-0.1, -0.05) is 59.6 Å². The number of nitrogens with zero attached hydrogens (tertiary/aromatic N) is 4. The lowest BCUT2D eigenvalue weighted by atomic mass is 9.91. The van der Waals surface area contributed by atoms with Gasteiger partial charge in [-0.3, -0.25) is 48.2 Å². The van der Waals surface area contributed by atoms with Gasteiger partial charge in [0.2, 0.25) is 23.6 Å². The number of benzene rings is 1. The fraction of sp³-hybridized carbons (Fsp3) is 0.608. The maximum absolute atomic E-state index is 14.4. The number of carboxylic acid groups (broad SMARTS) is 1. The molecule has 6 N–H and O–H groups in total. The first kappa shape index (κ1) is 58.4. The lowest BCUT2D eigenvalue weighted by Crippen LogP contribution is -2.60. The predicted molar refractivity (Wildman–Crippen MR) is 271 cm³/mol. The number of carbonyl (C=O) groups excluding carboxylic acids is 8. The quantitative estimate of drug-likeness (QED) is 0.0494. The Kier molecular flexibility index (Phi) is 22.3. The van der Waals surface area contributed by atoms with E-state index in [0.29, 0.717) is 49.3 Å². The number of carbonyl (C=O) groups is 9. The van der Waals surface area contributed by atoms with Crippen LogP contribution in [0, 0.1) is 17.8 Å². The van der Waals surface area contributed by atoms with Crippen LogP contribution in [0.25, 0.3) is 0 Å². The van der Waals surface area contributed by atoms with Crippen LogP contribution < -0.4 is 26.6 Å². The summed E-state index contributed by atoms with van der Waals surface area (Å²) in [5.41, 5.74) is 0.483. The topological polar surface area (TPSA) is 266 Å². The number of nitrogens with one attached hydrogen (secondary N) is 5. The number of hydrogen-bond donors (Lipinski definition) is 6. The molecule has 2 aliphatic heterocycles. The molecule has 1 fully saturated rings. The van der Waals surface area contributed by atoms with Gasteiger partial charge in [0.1, 0.15) is 16.7 Å². The molecule has 1 aromatic heterocycles. The van der Waals surface area contributed by atoms with Crippen molar-refractivity contribution in [3.63, 3.8) is 0 Å². The summed E-state index contributed by atoms with van der Waals surface area (Å²) < 4.78 is 5.93. The minimum Gasteiger partial charge on any atom is -0.481 e. The first-order valence-electron chi connectivity index (χ1n) is 25.0. The van der Waals surface area contributed by atoms with Crippen LogP contribution in [-0.4, -0.2) is 142 Å². The third-order valence-electron chi connectivity index (χ3n) is 13.7. The molecule has 8 amide bonds. The van der Waals surface area contributed by atoms with Crippen molar-refractivity contribution in [1.82, 2.24) is 41.0 Å². The summed E-state index contributed by atoms with van der Waals surface area (Å²) in [5.74, 6) is -4.66. The molecule has 7 atom stereocenters. The van der Waals surface area contributed by atoms with E-state index in [2.05, 4.69) is 31.6 Å². The average Bonchev–Trinajstić information content (AvgIpc) is 4.06. The van der Waals surface area contributed by atoms with Gasteiger partial charge >= 0.3 is 12.1 Å². The molecule has 0 bridgehead atoms. The van der Waals surface area contributed by atoms with Crippen LogP contribution in [0.15, 0.2) is 41.8 Å². The van der Waals surface area contributed by atoms with Gasteiger partial charge in [0, 0.05) is 68.3 Å². The number of amides is 8. The molecule has 21 heteroatoms. The maximum atomic E-state index is 14.4. The summed E-state index contributed by atoms with van der Waals surface area (Å²) in [6.07, 6.45) is 5.30. The van der Waals surface area contributed by atoms with E-state index < -0.39 is 59.6 Å². The first-order valence-corrected chi connectivity index (χ1v) is 25.9. The van der Waals surface area contributed by atoms with Gasteiger partial charge in [-0.05, 0) is 95.5 Å². The Balaban J connectivity index is 1.40. The lowest BCUT2D eigenvalue weighted by Gasteiger charge is -2.38. The van der Waals surface area contributed by atoms with Crippen LogP contribution in [0.1, 0.15) is 133 Å². The van der Waals surface area contributed by atoms with Gasteiger partial charge in [-0.25, -0.2) is 9.78 Å². The standard InChI is InChI=1S/C51H75N9O11S/c1-10-32(5)44(57-49(69)51(7)23-15-24-58(51)8)47(66)59(9)38(31(3)4)28-39(71-50(70)52-11-2)46-56-37(30-72-46)45(65)55-36(26-33(6)48(67)68)27-34-17-19-35(20-18-34)54-41(62)29-53-40(61)16-13-12-14-25-60-42(63)21-22-43(60)64/h17-22,30-33,36,38-39,44H,10-16,23-29H2,1-9H3,(H,52,70)(H,53,61)(H,54,62)(H,55,65)(H,57,69)(H,67,68)/t32-,33-,36+,38+,39+,44-,51+/m0/s1. The number of likely N-dealkylation sites (N-methyl/N-ethyl adjacent to an activating group) is 2. The summed E-state index contributed by atoms with van der Waals surface area (Å²) in [5, 5.41) is 25.6. The summed E-state index contributed by atoms with van der Waals surface area (Å²) in [4.78, 5) is 125. The highest BCUT2D eigenvalue weighted by molar-refractivity contribution is 7.09. The summed E-state index contributed by atoms with van der Waals surface area (Å²) in [7, 11) is 3.60. The van der Waals surface area contributed by atoms with E-state index in [4.69, 9.17) is 4.74 Å². The number of unbranched alkanes of at least 4 members (excludes halogenated alkanes) is 2. The SMILES string of the molecule is CCNC(=O)O[C@H](C[C@H](C(C)C)N(C)C(=O)[C@@H](NC(=O)[C@@]1(C)CCCN1C)[C@@H](C)CC)c1nc(C(=O)N[C@@H](Cc2ccc(NC(=O)CNC(=O)CCCCCN3C(=O)C=CC3=O)cc2)C[C@H](C)C(=O)O)cs1.